The summed E-state index contributed by atoms with van der Waals surface area (Å²) in [6.07, 6.45) is 2.59. The minimum Gasteiger partial charge on any atom is -0.342 e. The molecule has 0 bridgehead atoms. The van der Waals surface area contributed by atoms with Crippen molar-refractivity contribution in [2.45, 2.75) is 47.0 Å². The molecule has 4 heteroatoms. The summed E-state index contributed by atoms with van der Waals surface area (Å²) in [6, 6.07) is 5.89. The van der Waals surface area contributed by atoms with Gasteiger partial charge in [0.15, 0.2) is 0 Å². The second kappa shape index (κ2) is 7.62. The number of amides is 2. The number of aryl methyl sites for hydroxylation is 1. The highest BCUT2D eigenvalue weighted by molar-refractivity contribution is 6.00. The van der Waals surface area contributed by atoms with Gasteiger partial charge >= 0.3 is 0 Å². The molecule has 1 saturated carbocycles. The third-order valence-electron chi connectivity index (χ3n) is 4.61. The molecular formula is C19H28N2O2. The van der Waals surface area contributed by atoms with Crippen LogP contribution in [0.5, 0.6) is 0 Å². The lowest BCUT2D eigenvalue weighted by molar-refractivity contribution is -0.134. The highest BCUT2D eigenvalue weighted by Gasteiger charge is 2.49. The van der Waals surface area contributed by atoms with Crippen LogP contribution < -0.4 is 5.32 Å². The van der Waals surface area contributed by atoms with Crippen molar-refractivity contribution in [3.05, 3.63) is 29.3 Å². The maximum absolute atomic E-state index is 12.5. The van der Waals surface area contributed by atoms with E-state index in [0.717, 1.165) is 42.7 Å². The topological polar surface area (TPSA) is 49.4 Å². The van der Waals surface area contributed by atoms with Gasteiger partial charge < -0.3 is 10.2 Å². The number of hydrogen-bond donors (Lipinski definition) is 1. The van der Waals surface area contributed by atoms with Gasteiger partial charge in [-0.25, -0.2) is 0 Å². The van der Waals surface area contributed by atoms with Gasteiger partial charge in [-0.05, 0) is 50.3 Å². The summed E-state index contributed by atoms with van der Waals surface area (Å²) in [4.78, 5) is 26.8. The molecule has 1 aliphatic carbocycles. The fraction of sp³-hybridized carbons (Fsp3) is 0.579. The lowest BCUT2D eigenvalue weighted by Gasteiger charge is -2.21. The van der Waals surface area contributed by atoms with E-state index in [9.17, 15) is 9.59 Å². The monoisotopic (exact) mass is 316 g/mol. The highest BCUT2D eigenvalue weighted by Crippen LogP contribution is 2.41. The van der Waals surface area contributed by atoms with Crippen molar-refractivity contribution in [3.63, 3.8) is 0 Å². The predicted molar refractivity (Wildman–Crippen MR) is 93.3 cm³/mol. The van der Waals surface area contributed by atoms with Crippen LogP contribution in [0.25, 0.3) is 0 Å². The number of hydrogen-bond acceptors (Lipinski definition) is 2. The Labute approximate surface area is 139 Å². The van der Waals surface area contributed by atoms with Crippen LogP contribution in [0.15, 0.2) is 18.2 Å². The zero-order chi connectivity index (χ0) is 17.0. The molecule has 1 aliphatic rings. The maximum atomic E-state index is 12.5. The summed E-state index contributed by atoms with van der Waals surface area (Å²) >= 11 is 0. The number of benzene rings is 1. The molecule has 1 fully saturated rings. The molecule has 2 unspecified atom stereocenters. The maximum Gasteiger partial charge on any atom is 0.228 e. The van der Waals surface area contributed by atoms with E-state index in [2.05, 4.69) is 19.2 Å². The third kappa shape index (κ3) is 4.12. The quantitative estimate of drug-likeness (QED) is 0.836. The average Bonchev–Trinajstić information content (AvgIpc) is 3.31. The molecule has 0 saturated heterocycles. The van der Waals surface area contributed by atoms with E-state index in [-0.39, 0.29) is 23.7 Å². The SMILES string of the molecule is CCCN(CCC)C(=O)C1CC1C(=O)Nc1cccc(C)c1C. The summed E-state index contributed by atoms with van der Waals surface area (Å²) in [5.74, 6) is -0.170. The van der Waals surface area contributed by atoms with Crippen LogP contribution in [0.3, 0.4) is 0 Å². The van der Waals surface area contributed by atoms with E-state index >= 15 is 0 Å². The second-order valence-electron chi connectivity index (χ2n) is 6.51. The van der Waals surface area contributed by atoms with Crippen LogP contribution in [0.4, 0.5) is 5.69 Å². The van der Waals surface area contributed by atoms with Gasteiger partial charge in [0.25, 0.3) is 0 Å². The Kier molecular flexibility index (Phi) is 5.80. The van der Waals surface area contributed by atoms with Crippen LogP contribution in [0.1, 0.15) is 44.2 Å². The minimum absolute atomic E-state index is 0.0232. The molecule has 1 aromatic carbocycles. The van der Waals surface area contributed by atoms with Gasteiger partial charge in [-0.3, -0.25) is 9.59 Å². The van der Waals surface area contributed by atoms with Crippen LogP contribution in [-0.2, 0) is 9.59 Å². The van der Waals surface area contributed by atoms with E-state index in [1.54, 1.807) is 0 Å². The zero-order valence-corrected chi connectivity index (χ0v) is 14.7. The summed E-state index contributed by atoms with van der Waals surface area (Å²) < 4.78 is 0. The number of nitrogens with one attached hydrogen (secondary N) is 1. The highest BCUT2D eigenvalue weighted by atomic mass is 16.2. The standard InChI is InChI=1S/C19H28N2O2/c1-5-10-21(11-6-2)19(23)16-12-15(16)18(22)20-17-9-7-8-13(3)14(17)4/h7-9,15-16H,5-6,10-12H2,1-4H3,(H,20,22). The van der Waals surface area contributed by atoms with Crippen LogP contribution in [0.2, 0.25) is 0 Å². The van der Waals surface area contributed by atoms with Crippen molar-refractivity contribution in [1.82, 2.24) is 4.90 Å². The molecule has 0 spiro atoms. The first-order valence-electron chi connectivity index (χ1n) is 8.65. The second-order valence-corrected chi connectivity index (χ2v) is 6.51. The predicted octanol–water partition coefficient (Wildman–Crippen LogP) is 3.53. The molecule has 2 amide bonds. The van der Waals surface area contributed by atoms with Crippen LogP contribution >= 0.6 is 0 Å². The largest absolute Gasteiger partial charge is 0.342 e. The Morgan fingerprint density at radius 3 is 2.39 bits per heavy atom. The van der Waals surface area contributed by atoms with Gasteiger partial charge in [0.2, 0.25) is 11.8 Å². The number of rotatable bonds is 7. The zero-order valence-electron chi connectivity index (χ0n) is 14.7. The number of anilines is 1. The van der Waals surface area contributed by atoms with E-state index < -0.39 is 0 Å². The molecule has 23 heavy (non-hydrogen) atoms. The molecule has 2 atom stereocenters. The van der Waals surface area contributed by atoms with Gasteiger partial charge in [0.05, 0.1) is 11.8 Å². The molecule has 126 valence electrons. The Morgan fingerprint density at radius 2 is 1.78 bits per heavy atom. The van der Waals surface area contributed by atoms with E-state index in [1.165, 1.54) is 0 Å². The van der Waals surface area contributed by atoms with Crippen molar-refractivity contribution < 1.29 is 9.59 Å². The Hall–Kier alpha value is -1.84. The first kappa shape index (κ1) is 17.5. The molecule has 1 aromatic rings. The Morgan fingerprint density at radius 1 is 1.13 bits per heavy atom. The Balaban J connectivity index is 1.95. The van der Waals surface area contributed by atoms with E-state index in [4.69, 9.17) is 0 Å². The van der Waals surface area contributed by atoms with Gasteiger partial charge in [0, 0.05) is 18.8 Å². The van der Waals surface area contributed by atoms with Crippen LogP contribution in [-0.4, -0.2) is 29.8 Å². The average molecular weight is 316 g/mol. The number of carbonyl (C=O) groups is 2. The number of carbonyl (C=O) groups excluding carboxylic acids is 2. The van der Waals surface area contributed by atoms with Crippen molar-refractivity contribution in [2.75, 3.05) is 18.4 Å². The van der Waals surface area contributed by atoms with Gasteiger partial charge in [-0.1, -0.05) is 26.0 Å². The summed E-state index contributed by atoms with van der Waals surface area (Å²) in [6.45, 7) is 9.76. The third-order valence-corrected chi connectivity index (χ3v) is 4.61. The fourth-order valence-corrected chi connectivity index (χ4v) is 2.98. The molecule has 4 nitrogen and oxygen atoms in total. The van der Waals surface area contributed by atoms with Crippen molar-refractivity contribution in [1.29, 1.82) is 0 Å². The molecule has 0 aromatic heterocycles. The smallest absolute Gasteiger partial charge is 0.228 e. The van der Waals surface area contributed by atoms with E-state index in [0.29, 0.717) is 6.42 Å². The molecule has 0 heterocycles. The minimum atomic E-state index is -0.168. The van der Waals surface area contributed by atoms with Gasteiger partial charge in [0.1, 0.15) is 0 Å². The first-order valence-corrected chi connectivity index (χ1v) is 8.65. The number of nitrogens with zero attached hydrogens (tertiary/aromatic N) is 1. The molecule has 2 rings (SSSR count). The summed E-state index contributed by atoms with van der Waals surface area (Å²) in [7, 11) is 0. The van der Waals surface area contributed by atoms with Gasteiger partial charge in [-0.2, -0.15) is 0 Å². The van der Waals surface area contributed by atoms with Crippen LogP contribution in [0, 0.1) is 25.7 Å². The molecule has 0 aliphatic heterocycles. The Bertz CT molecular complexity index is 577. The lowest BCUT2D eigenvalue weighted by Crippen LogP contribution is -2.34. The van der Waals surface area contributed by atoms with Crippen molar-refractivity contribution in [2.24, 2.45) is 11.8 Å². The molecule has 0 radical (unpaired) electrons. The van der Waals surface area contributed by atoms with E-state index in [1.807, 2.05) is 36.9 Å². The summed E-state index contributed by atoms with van der Waals surface area (Å²) in [5, 5.41) is 2.99. The van der Waals surface area contributed by atoms with Crippen molar-refractivity contribution >= 4 is 17.5 Å². The fourth-order valence-electron chi connectivity index (χ4n) is 2.98. The molecule has 1 N–H and O–H groups in total. The lowest BCUT2D eigenvalue weighted by atomic mass is 10.1. The van der Waals surface area contributed by atoms with Gasteiger partial charge in [-0.15, -0.1) is 0 Å². The van der Waals surface area contributed by atoms with Crippen molar-refractivity contribution in [3.8, 4) is 0 Å². The first-order chi connectivity index (χ1) is 11.0. The summed E-state index contributed by atoms with van der Waals surface area (Å²) in [5.41, 5.74) is 3.10. The normalized spacial score (nSPS) is 19.3. The molecular weight excluding hydrogens is 288 g/mol.